The molecule has 6 nitrogen and oxygen atoms in total. The van der Waals surface area contributed by atoms with Crippen LogP contribution >= 0.6 is 0 Å². The Kier molecular flexibility index (Phi) is 4.88. The normalized spacial score (nSPS) is 17.6. The molecule has 0 atom stereocenters. The van der Waals surface area contributed by atoms with E-state index in [0.29, 0.717) is 11.3 Å². The van der Waals surface area contributed by atoms with Gasteiger partial charge in [0.2, 0.25) is 0 Å². The molecule has 1 aromatic carbocycles. The summed E-state index contributed by atoms with van der Waals surface area (Å²) in [6, 6.07) is 9.13. The fourth-order valence-electron chi connectivity index (χ4n) is 3.41. The fourth-order valence-corrected chi connectivity index (χ4v) is 3.41. The molecule has 142 valence electrons. The Hall–Kier alpha value is -2.76. The molecule has 2 amide bonds. The van der Waals surface area contributed by atoms with Crippen molar-refractivity contribution in [3.8, 4) is 0 Å². The largest absolute Gasteiger partial charge is 0.459 e. The van der Waals surface area contributed by atoms with E-state index in [1.807, 2.05) is 12.1 Å². The maximum absolute atomic E-state index is 12.8. The van der Waals surface area contributed by atoms with Crippen LogP contribution in [0.5, 0.6) is 0 Å². The zero-order valence-electron chi connectivity index (χ0n) is 15.5. The molecule has 0 spiro atoms. The van der Waals surface area contributed by atoms with Gasteiger partial charge >= 0.3 is 0 Å². The van der Waals surface area contributed by atoms with Gasteiger partial charge in [-0.3, -0.25) is 9.59 Å². The first kappa shape index (κ1) is 17.6. The number of piperidine rings is 1. The lowest BCUT2D eigenvalue weighted by molar-refractivity contribution is 0.0949. The fraction of sp³-hybridized carbons (Fsp3) is 0.429. The second-order valence-electron chi connectivity index (χ2n) is 7.58. The third-order valence-corrected chi connectivity index (χ3v) is 5.28. The molecule has 2 aliphatic rings. The summed E-state index contributed by atoms with van der Waals surface area (Å²) in [6.45, 7) is 4.16. The number of benzene rings is 1. The molecule has 1 aliphatic carbocycles. The number of furan rings is 1. The van der Waals surface area contributed by atoms with Crippen molar-refractivity contribution in [2.75, 3.05) is 23.3 Å². The number of nitrogens with one attached hydrogen (secondary N) is 2. The van der Waals surface area contributed by atoms with E-state index in [1.54, 1.807) is 18.2 Å². The molecular weight excluding hydrogens is 342 g/mol. The smallest absolute Gasteiger partial charge is 0.291 e. The summed E-state index contributed by atoms with van der Waals surface area (Å²) in [7, 11) is 0. The highest BCUT2D eigenvalue weighted by atomic mass is 16.3. The first-order chi connectivity index (χ1) is 13.1. The van der Waals surface area contributed by atoms with E-state index in [2.05, 4.69) is 22.5 Å². The monoisotopic (exact) mass is 367 g/mol. The van der Waals surface area contributed by atoms with Crippen molar-refractivity contribution in [1.29, 1.82) is 0 Å². The average Bonchev–Trinajstić information content (AvgIpc) is 3.31. The van der Waals surface area contributed by atoms with Crippen LogP contribution in [-0.2, 0) is 0 Å². The average molecular weight is 367 g/mol. The van der Waals surface area contributed by atoms with E-state index in [-0.39, 0.29) is 23.6 Å². The van der Waals surface area contributed by atoms with Crippen molar-refractivity contribution >= 4 is 23.2 Å². The van der Waals surface area contributed by atoms with E-state index in [1.165, 1.54) is 6.26 Å². The summed E-state index contributed by atoms with van der Waals surface area (Å²) < 4.78 is 5.14. The number of amides is 2. The molecule has 6 heteroatoms. The second-order valence-corrected chi connectivity index (χ2v) is 7.58. The molecule has 1 saturated heterocycles. The molecule has 0 radical (unpaired) electrons. The van der Waals surface area contributed by atoms with Crippen molar-refractivity contribution in [3.05, 3.63) is 47.9 Å². The SMILES string of the molecule is CC1CCN(c2ccc(NC(=O)c3ccco3)cc2C(=O)NC2CC2)CC1. The minimum absolute atomic E-state index is 0.0692. The molecule has 2 N–H and O–H groups in total. The Morgan fingerprint density at radius 2 is 1.85 bits per heavy atom. The molecule has 0 bridgehead atoms. The van der Waals surface area contributed by atoms with Gasteiger partial charge in [-0.15, -0.1) is 0 Å². The lowest BCUT2D eigenvalue weighted by Crippen LogP contribution is -2.35. The van der Waals surface area contributed by atoms with Gasteiger partial charge in [0.1, 0.15) is 0 Å². The van der Waals surface area contributed by atoms with Crippen molar-refractivity contribution in [2.45, 2.75) is 38.6 Å². The van der Waals surface area contributed by atoms with Crippen LogP contribution in [-0.4, -0.2) is 30.9 Å². The van der Waals surface area contributed by atoms with Gasteiger partial charge in [0.25, 0.3) is 11.8 Å². The van der Waals surface area contributed by atoms with Crippen molar-refractivity contribution in [3.63, 3.8) is 0 Å². The number of rotatable bonds is 5. The van der Waals surface area contributed by atoms with Crippen LogP contribution < -0.4 is 15.5 Å². The van der Waals surface area contributed by atoms with Crippen LogP contribution in [0.1, 0.15) is 53.5 Å². The van der Waals surface area contributed by atoms with Gasteiger partial charge in [0.15, 0.2) is 5.76 Å². The number of hydrogen-bond acceptors (Lipinski definition) is 4. The highest BCUT2D eigenvalue weighted by Gasteiger charge is 2.27. The quantitative estimate of drug-likeness (QED) is 0.846. The molecule has 2 heterocycles. The van der Waals surface area contributed by atoms with E-state index in [0.717, 1.165) is 50.4 Å². The highest BCUT2D eigenvalue weighted by Crippen LogP contribution is 2.30. The molecule has 1 aromatic heterocycles. The van der Waals surface area contributed by atoms with E-state index >= 15 is 0 Å². The summed E-state index contributed by atoms with van der Waals surface area (Å²) in [5.41, 5.74) is 2.15. The van der Waals surface area contributed by atoms with Crippen molar-refractivity contribution in [1.82, 2.24) is 5.32 Å². The molecule has 1 aliphatic heterocycles. The summed E-state index contributed by atoms with van der Waals surface area (Å²) in [5, 5.41) is 5.88. The molecule has 0 unspecified atom stereocenters. The lowest BCUT2D eigenvalue weighted by atomic mass is 9.97. The van der Waals surface area contributed by atoms with Crippen LogP contribution in [0.3, 0.4) is 0 Å². The minimum atomic E-state index is -0.326. The number of carbonyl (C=O) groups is 2. The Balaban J connectivity index is 1.58. The maximum atomic E-state index is 12.8. The van der Waals surface area contributed by atoms with Crippen LogP contribution in [0.4, 0.5) is 11.4 Å². The third-order valence-electron chi connectivity index (χ3n) is 5.28. The number of nitrogens with zero attached hydrogens (tertiary/aromatic N) is 1. The zero-order chi connectivity index (χ0) is 18.8. The minimum Gasteiger partial charge on any atom is -0.459 e. The topological polar surface area (TPSA) is 74.6 Å². The molecule has 4 rings (SSSR count). The van der Waals surface area contributed by atoms with Gasteiger partial charge in [-0.25, -0.2) is 0 Å². The van der Waals surface area contributed by atoms with Gasteiger partial charge in [-0.1, -0.05) is 6.92 Å². The summed E-state index contributed by atoms with van der Waals surface area (Å²) >= 11 is 0. The second kappa shape index (κ2) is 7.47. The maximum Gasteiger partial charge on any atom is 0.291 e. The van der Waals surface area contributed by atoms with Crippen LogP contribution in [0, 0.1) is 5.92 Å². The summed E-state index contributed by atoms with van der Waals surface area (Å²) in [6.07, 6.45) is 5.79. The van der Waals surface area contributed by atoms with Gasteiger partial charge in [-0.2, -0.15) is 0 Å². The van der Waals surface area contributed by atoms with Gasteiger partial charge < -0.3 is 20.0 Å². The summed E-state index contributed by atoms with van der Waals surface area (Å²) in [4.78, 5) is 27.3. The molecule has 1 saturated carbocycles. The van der Waals surface area contributed by atoms with Gasteiger partial charge in [0, 0.05) is 30.5 Å². The van der Waals surface area contributed by atoms with Crippen LogP contribution in [0.25, 0.3) is 0 Å². The Labute approximate surface area is 158 Å². The summed E-state index contributed by atoms with van der Waals surface area (Å²) in [5.74, 6) is 0.568. The van der Waals surface area contributed by atoms with E-state index in [4.69, 9.17) is 4.42 Å². The standard InChI is InChI=1S/C21H25N3O3/c1-14-8-10-24(11-9-14)18-7-6-16(23-21(26)19-3-2-12-27-19)13-17(18)20(25)22-15-4-5-15/h2-3,6-7,12-15H,4-5,8-11H2,1H3,(H,22,25)(H,23,26). The predicted molar refractivity (Wildman–Crippen MR) is 104 cm³/mol. The first-order valence-electron chi connectivity index (χ1n) is 9.65. The third kappa shape index (κ3) is 4.15. The number of anilines is 2. The number of hydrogen-bond donors (Lipinski definition) is 2. The zero-order valence-corrected chi connectivity index (χ0v) is 15.5. The lowest BCUT2D eigenvalue weighted by Gasteiger charge is -2.33. The van der Waals surface area contributed by atoms with E-state index in [9.17, 15) is 9.59 Å². The molecule has 2 aromatic rings. The number of carbonyl (C=O) groups excluding carboxylic acids is 2. The van der Waals surface area contributed by atoms with Crippen molar-refractivity contribution in [2.24, 2.45) is 5.92 Å². The van der Waals surface area contributed by atoms with Crippen LogP contribution in [0.2, 0.25) is 0 Å². The highest BCUT2D eigenvalue weighted by molar-refractivity contribution is 6.05. The predicted octanol–water partition coefficient (Wildman–Crippen LogP) is 3.66. The Bertz CT molecular complexity index is 819. The van der Waals surface area contributed by atoms with Gasteiger partial charge in [-0.05, 0) is 61.9 Å². The Morgan fingerprint density at radius 3 is 2.52 bits per heavy atom. The van der Waals surface area contributed by atoms with Gasteiger partial charge in [0.05, 0.1) is 11.8 Å². The van der Waals surface area contributed by atoms with Crippen LogP contribution in [0.15, 0.2) is 41.0 Å². The Morgan fingerprint density at radius 1 is 1.07 bits per heavy atom. The molecule has 27 heavy (non-hydrogen) atoms. The molecular formula is C21H25N3O3. The van der Waals surface area contributed by atoms with E-state index < -0.39 is 0 Å². The first-order valence-corrected chi connectivity index (χ1v) is 9.65. The molecule has 2 fully saturated rings. The van der Waals surface area contributed by atoms with Crippen molar-refractivity contribution < 1.29 is 14.0 Å².